The molecular formula is C27H29N5O5S. The summed E-state index contributed by atoms with van der Waals surface area (Å²) in [6.07, 6.45) is 2.28. The first-order chi connectivity index (χ1) is 18.4. The molecule has 0 aliphatic carbocycles. The van der Waals surface area contributed by atoms with Gasteiger partial charge >= 0.3 is 12.0 Å². The first kappa shape index (κ1) is 28.2. The molecule has 1 aromatic heterocycles. The van der Waals surface area contributed by atoms with Gasteiger partial charge in [0.1, 0.15) is 22.0 Å². The minimum Gasteiger partial charge on any atom is -0.462 e. The number of nitrogens with one attached hydrogen (secondary N) is 3. The van der Waals surface area contributed by atoms with Crippen LogP contribution in [0.2, 0.25) is 0 Å². The Balaban J connectivity index is 1.71. The van der Waals surface area contributed by atoms with Crippen LogP contribution in [-0.4, -0.2) is 37.0 Å². The molecule has 0 aliphatic heterocycles. The summed E-state index contributed by atoms with van der Waals surface area (Å²) in [5, 5.41) is 17.9. The molecule has 1 heterocycles. The third-order valence-corrected chi connectivity index (χ3v) is 6.48. The first-order valence-electron chi connectivity index (χ1n) is 11.9. The van der Waals surface area contributed by atoms with Crippen LogP contribution in [0.1, 0.15) is 25.0 Å². The third kappa shape index (κ3) is 7.32. The molecule has 3 aromatic rings. The molecule has 11 heteroatoms. The monoisotopic (exact) mass is 535 g/mol. The second kappa shape index (κ2) is 13.8. The number of ether oxygens (including phenoxy) is 2. The molecule has 3 rings (SSSR count). The van der Waals surface area contributed by atoms with Crippen LogP contribution in [0.5, 0.6) is 0 Å². The van der Waals surface area contributed by atoms with Gasteiger partial charge in [-0.2, -0.15) is 5.26 Å². The fraction of sp³-hybridized carbons (Fsp3) is 0.259. The molecule has 0 fully saturated rings. The molecule has 0 radical (unpaired) electrons. The van der Waals surface area contributed by atoms with Crippen molar-refractivity contribution < 1.29 is 19.1 Å². The van der Waals surface area contributed by atoms with E-state index in [1.54, 1.807) is 20.0 Å². The predicted octanol–water partition coefficient (Wildman–Crippen LogP) is 2.33. The van der Waals surface area contributed by atoms with E-state index in [1.165, 1.54) is 11.7 Å². The number of amides is 2. The smallest absolute Gasteiger partial charge is 0.351 e. The van der Waals surface area contributed by atoms with Crippen LogP contribution in [-0.2, 0) is 27.2 Å². The van der Waals surface area contributed by atoms with Crippen LogP contribution in [0.15, 0.2) is 53.3 Å². The zero-order valence-electron chi connectivity index (χ0n) is 21.4. The standard InChI is InChI=1S/C27H29N5O5S/c1-4-32-24(33)23(38-25(32)22(15-28)26(34)37-5-2)16-29-20-10-6-18(7-11-20)14-19-8-12-21(13-9-19)31-27(35)30-17-36-3/h6-13,16,29H,4-5,14,17H2,1-3H3,(H2,30,31,35)/b23-16-,25-22-. The Morgan fingerprint density at radius 2 is 1.68 bits per heavy atom. The van der Waals surface area contributed by atoms with E-state index in [9.17, 15) is 19.6 Å². The van der Waals surface area contributed by atoms with Gasteiger partial charge < -0.3 is 25.4 Å². The fourth-order valence-electron chi connectivity index (χ4n) is 3.50. The maximum absolute atomic E-state index is 12.8. The molecule has 3 N–H and O–H groups in total. The van der Waals surface area contributed by atoms with Gasteiger partial charge in [-0.25, -0.2) is 9.59 Å². The number of esters is 1. The topological polar surface area (TPSA) is 134 Å². The van der Waals surface area contributed by atoms with E-state index in [2.05, 4.69) is 16.0 Å². The van der Waals surface area contributed by atoms with Crippen molar-refractivity contribution in [1.82, 2.24) is 9.88 Å². The van der Waals surface area contributed by atoms with Crippen molar-refractivity contribution in [2.75, 3.05) is 31.1 Å². The number of hydrogen-bond donors (Lipinski definition) is 3. The van der Waals surface area contributed by atoms with Gasteiger partial charge in [-0.05, 0) is 55.7 Å². The number of carbonyl (C=O) groups excluding carboxylic acids is 2. The van der Waals surface area contributed by atoms with Gasteiger partial charge in [0.15, 0.2) is 5.57 Å². The quantitative estimate of drug-likeness (QED) is 0.268. The lowest BCUT2D eigenvalue weighted by atomic mass is 10.0. The average molecular weight is 536 g/mol. The number of methoxy groups -OCH3 is 1. The van der Waals surface area contributed by atoms with Crippen molar-refractivity contribution >= 4 is 46.5 Å². The Hall–Kier alpha value is -4.40. The summed E-state index contributed by atoms with van der Waals surface area (Å²) in [5.41, 5.74) is 3.16. The number of carbonyl (C=O) groups is 2. The number of rotatable bonds is 10. The molecule has 198 valence electrons. The molecule has 38 heavy (non-hydrogen) atoms. The lowest BCUT2D eigenvalue weighted by Gasteiger charge is -2.08. The average Bonchev–Trinajstić information content (AvgIpc) is 3.23. The van der Waals surface area contributed by atoms with Crippen LogP contribution in [0.3, 0.4) is 0 Å². The minimum atomic E-state index is -0.743. The van der Waals surface area contributed by atoms with Crippen molar-refractivity contribution in [2.24, 2.45) is 0 Å². The number of hydrogen-bond acceptors (Lipinski definition) is 8. The molecule has 2 amide bonds. The zero-order valence-corrected chi connectivity index (χ0v) is 22.2. The molecule has 2 aromatic carbocycles. The number of nitriles is 1. The van der Waals surface area contributed by atoms with Gasteiger partial charge in [-0.15, -0.1) is 11.3 Å². The largest absolute Gasteiger partial charge is 0.462 e. The van der Waals surface area contributed by atoms with E-state index in [4.69, 9.17) is 9.47 Å². The second-order valence-electron chi connectivity index (χ2n) is 7.95. The molecule has 0 saturated carbocycles. The molecular weight excluding hydrogens is 506 g/mol. The lowest BCUT2D eigenvalue weighted by molar-refractivity contribution is -0.136. The zero-order chi connectivity index (χ0) is 27.5. The SMILES string of the molecule is CCOC(=O)/C(C#N)=c1\s/c(=C\Nc2ccc(Cc3ccc(NC(=O)NCOC)cc3)cc2)c(=O)n1CC. The number of aromatic nitrogens is 1. The summed E-state index contributed by atoms with van der Waals surface area (Å²) < 4.78 is 11.8. The van der Waals surface area contributed by atoms with Crippen LogP contribution in [0, 0.1) is 11.3 Å². The summed E-state index contributed by atoms with van der Waals surface area (Å²) >= 11 is 1.07. The van der Waals surface area contributed by atoms with Gasteiger partial charge in [0.05, 0.1) is 6.61 Å². The lowest BCUT2D eigenvalue weighted by Crippen LogP contribution is -2.32. The summed E-state index contributed by atoms with van der Waals surface area (Å²) in [7, 11) is 1.50. The van der Waals surface area contributed by atoms with E-state index >= 15 is 0 Å². The van der Waals surface area contributed by atoms with Crippen molar-refractivity contribution in [3.63, 3.8) is 0 Å². The van der Waals surface area contributed by atoms with Crippen LogP contribution in [0.25, 0.3) is 11.8 Å². The van der Waals surface area contributed by atoms with Gasteiger partial charge in [0.2, 0.25) is 0 Å². The van der Waals surface area contributed by atoms with E-state index in [0.29, 0.717) is 23.2 Å². The van der Waals surface area contributed by atoms with Crippen molar-refractivity contribution in [3.8, 4) is 6.07 Å². The van der Waals surface area contributed by atoms with Crippen molar-refractivity contribution in [2.45, 2.75) is 26.8 Å². The predicted molar refractivity (Wildman–Crippen MR) is 147 cm³/mol. The van der Waals surface area contributed by atoms with Crippen molar-refractivity contribution in [1.29, 1.82) is 5.26 Å². The van der Waals surface area contributed by atoms with Gasteiger partial charge in [0, 0.05) is 31.2 Å². The Bertz CT molecular complexity index is 1490. The summed E-state index contributed by atoms with van der Waals surface area (Å²) in [4.78, 5) is 36.7. The normalized spacial score (nSPS) is 11.9. The highest BCUT2D eigenvalue weighted by Gasteiger charge is 2.16. The summed E-state index contributed by atoms with van der Waals surface area (Å²) in [6.45, 7) is 4.02. The summed E-state index contributed by atoms with van der Waals surface area (Å²) in [6, 6.07) is 16.9. The highest BCUT2D eigenvalue weighted by molar-refractivity contribution is 7.07. The van der Waals surface area contributed by atoms with Crippen LogP contribution in [0.4, 0.5) is 16.2 Å². The van der Waals surface area contributed by atoms with Crippen molar-refractivity contribution in [3.05, 3.63) is 79.2 Å². The van der Waals surface area contributed by atoms with Crippen LogP contribution >= 0.6 is 11.3 Å². The van der Waals surface area contributed by atoms with E-state index < -0.39 is 5.97 Å². The molecule has 0 spiro atoms. The number of thiazole rings is 1. The second-order valence-corrected chi connectivity index (χ2v) is 8.98. The van der Waals surface area contributed by atoms with E-state index in [0.717, 1.165) is 28.2 Å². The number of benzene rings is 2. The highest BCUT2D eigenvalue weighted by atomic mass is 32.1. The number of nitrogens with zero attached hydrogens (tertiary/aromatic N) is 2. The van der Waals surface area contributed by atoms with Gasteiger partial charge in [-0.1, -0.05) is 24.3 Å². The van der Waals surface area contributed by atoms with Crippen LogP contribution < -0.4 is 30.7 Å². The Kier molecular flexibility index (Phi) is 10.2. The Morgan fingerprint density at radius 1 is 1.05 bits per heavy atom. The van der Waals surface area contributed by atoms with Gasteiger partial charge in [-0.3, -0.25) is 9.36 Å². The maximum atomic E-state index is 12.8. The number of urea groups is 1. The molecule has 0 aliphatic rings. The Morgan fingerprint density at radius 3 is 2.24 bits per heavy atom. The maximum Gasteiger partial charge on any atom is 0.351 e. The van der Waals surface area contributed by atoms with Gasteiger partial charge in [0.25, 0.3) is 5.56 Å². The molecule has 0 bridgehead atoms. The van der Waals surface area contributed by atoms with E-state index in [1.807, 2.05) is 54.6 Å². The minimum absolute atomic E-state index is 0.133. The molecule has 0 unspecified atom stereocenters. The molecule has 10 nitrogen and oxygen atoms in total. The Labute approximate surface area is 223 Å². The van der Waals surface area contributed by atoms with E-state index in [-0.39, 0.29) is 35.2 Å². The highest BCUT2D eigenvalue weighted by Crippen LogP contribution is 2.16. The molecule has 0 atom stereocenters. The molecule has 0 saturated heterocycles. The third-order valence-electron chi connectivity index (χ3n) is 5.35. The number of anilines is 2. The summed E-state index contributed by atoms with van der Waals surface area (Å²) in [5.74, 6) is -0.743. The first-order valence-corrected chi connectivity index (χ1v) is 12.7. The fourth-order valence-corrected chi connectivity index (χ4v) is 4.58.